The maximum absolute atomic E-state index is 14.8. The second kappa shape index (κ2) is 12.6. The molecule has 50 heavy (non-hydrogen) atoms. The van der Waals surface area contributed by atoms with Crippen molar-refractivity contribution in [2.75, 3.05) is 13.2 Å². The van der Waals surface area contributed by atoms with E-state index in [-0.39, 0.29) is 71.0 Å². The van der Waals surface area contributed by atoms with Crippen LogP contribution in [0.4, 0.5) is 0 Å². The molecular weight excluding hydrogens is 628 g/mol. The van der Waals surface area contributed by atoms with Gasteiger partial charge >= 0.3 is 11.9 Å². The maximum atomic E-state index is 14.8. The quantitative estimate of drug-likeness (QED) is 0.287. The second-order valence-corrected chi connectivity index (χ2v) is 19.5. The van der Waals surface area contributed by atoms with Gasteiger partial charge < -0.3 is 19.3 Å². The predicted octanol–water partition coefficient (Wildman–Crippen LogP) is 8.41. The molecule has 5 aliphatic rings. The lowest BCUT2D eigenvalue weighted by atomic mass is 9.33. The summed E-state index contributed by atoms with van der Waals surface area (Å²) < 4.78 is 17.4. The number of fused-ring (bicyclic) bond motifs is 7. The van der Waals surface area contributed by atoms with Gasteiger partial charge in [0.25, 0.3) is 0 Å². The molecule has 1 aromatic carbocycles. The normalized spacial score (nSPS) is 42.6. The topological polar surface area (TPSA) is 99.1 Å². The number of ether oxygens (including phenoxy) is 3. The smallest absolute Gasteiger partial charge is 0.332 e. The Morgan fingerprint density at radius 2 is 1.58 bits per heavy atom. The van der Waals surface area contributed by atoms with Gasteiger partial charge in [-0.1, -0.05) is 70.5 Å². The molecule has 6 rings (SSSR count). The molecule has 4 fully saturated rings. The second-order valence-electron chi connectivity index (χ2n) is 19.5. The van der Waals surface area contributed by atoms with Gasteiger partial charge in [-0.25, -0.2) is 4.79 Å². The molecule has 4 saturated carbocycles. The number of hydrogen-bond donors (Lipinski definition) is 1. The molecule has 7 nitrogen and oxygen atoms in total. The number of benzene rings is 1. The van der Waals surface area contributed by atoms with Crippen LogP contribution in [-0.4, -0.2) is 47.7 Å². The van der Waals surface area contributed by atoms with Crippen LogP contribution in [0.2, 0.25) is 0 Å². The number of carbonyl (C=O) groups excluding carboxylic acids is 3. The van der Waals surface area contributed by atoms with Gasteiger partial charge in [-0.3, -0.25) is 9.59 Å². The van der Waals surface area contributed by atoms with Crippen LogP contribution < -0.4 is 0 Å². The van der Waals surface area contributed by atoms with Crippen LogP contribution in [0, 0.1) is 50.2 Å². The number of rotatable bonds is 7. The van der Waals surface area contributed by atoms with Crippen molar-refractivity contribution in [3.05, 3.63) is 47.5 Å². The fourth-order valence-corrected chi connectivity index (χ4v) is 12.0. The van der Waals surface area contributed by atoms with E-state index in [0.717, 1.165) is 50.5 Å². The summed E-state index contributed by atoms with van der Waals surface area (Å²) >= 11 is 0. The highest BCUT2D eigenvalue weighted by Gasteiger charge is 2.70. The molecule has 0 aromatic heterocycles. The van der Waals surface area contributed by atoms with Crippen LogP contribution in [0.5, 0.6) is 0 Å². The summed E-state index contributed by atoms with van der Waals surface area (Å²) in [5, 5.41) is 11.5. The van der Waals surface area contributed by atoms with Crippen LogP contribution in [0.25, 0.3) is 0 Å². The van der Waals surface area contributed by atoms with Gasteiger partial charge in [0.1, 0.15) is 18.8 Å². The Kier molecular flexibility index (Phi) is 9.36. The Balaban J connectivity index is 1.27. The minimum Gasteiger partial charge on any atom is -0.460 e. The first kappa shape index (κ1) is 37.3. The summed E-state index contributed by atoms with van der Waals surface area (Å²) in [6.45, 7) is 19.5. The standard InChI is InChI=1S/C43H62O7/c1-37(2,3)50-34(46)26-48-27-41(7)32-15-18-43(9)35(40(32,6)17-16-33(41)45)31(44)23-29-30-24-39(5,20-19-38(30,4)21-22-42(29,43)8)36(47)49-25-28-13-11-10-12-14-28/h10-14,23,30,32-33,35,45H,15-22,24-27H2,1-9H3/t30-,32+,33-,35+,38+,39-,40-,41-,42+,43+/m0/s1. The molecule has 0 aliphatic heterocycles. The Bertz CT molecular complexity index is 1530. The maximum Gasteiger partial charge on any atom is 0.332 e. The number of hydrogen-bond acceptors (Lipinski definition) is 7. The SMILES string of the molecule is CC(C)(C)OC(=O)COC[C@@]1(C)[C@@H]2CC[C@]3(C)[C@H](C(=O)C=C4[C@@H]5C[C@@](C)(C(=O)OCc6ccccc6)CC[C@]5(C)CC[C@]43C)[C@@]2(C)CC[C@@H]1O. The van der Waals surface area contributed by atoms with E-state index in [2.05, 4.69) is 41.5 Å². The average Bonchev–Trinajstić information content (AvgIpc) is 3.03. The van der Waals surface area contributed by atoms with Crippen molar-refractivity contribution in [2.45, 2.75) is 138 Å². The van der Waals surface area contributed by atoms with Crippen molar-refractivity contribution in [3.63, 3.8) is 0 Å². The fourth-order valence-electron chi connectivity index (χ4n) is 12.0. The van der Waals surface area contributed by atoms with Gasteiger partial charge in [0, 0.05) is 11.3 Å². The predicted molar refractivity (Wildman–Crippen MR) is 193 cm³/mol. The minimum atomic E-state index is -0.608. The van der Waals surface area contributed by atoms with E-state index in [1.807, 2.05) is 57.2 Å². The number of carbonyl (C=O) groups is 3. The Morgan fingerprint density at radius 3 is 2.26 bits per heavy atom. The van der Waals surface area contributed by atoms with Crippen molar-refractivity contribution in [2.24, 2.45) is 50.2 Å². The molecule has 0 radical (unpaired) electrons. The Morgan fingerprint density at radius 1 is 0.900 bits per heavy atom. The molecule has 0 saturated heterocycles. The van der Waals surface area contributed by atoms with Gasteiger partial charge in [-0.05, 0) is 131 Å². The highest BCUT2D eigenvalue weighted by Crippen LogP contribution is 2.75. The third-order valence-corrected chi connectivity index (χ3v) is 15.1. The van der Waals surface area contributed by atoms with Gasteiger partial charge in [-0.2, -0.15) is 0 Å². The molecule has 276 valence electrons. The fraction of sp³-hybridized carbons (Fsp3) is 0.744. The van der Waals surface area contributed by atoms with E-state index in [4.69, 9.17) is 14.2 Å². The van der Waals surface area contributed by atoms with E-state index >= 15 is 0 Å². The van der Waals surface area contributed by atoms with E-state index in [9.17, 15) is 19.5 Å². The number of allylic oxidation sites excluding steroid dienone is 2. The molecule has 1 aromatic rings. The third-order valence-electron chi connectivity index (χ3n) is 15.1. The van der Waals surface area contributed by atoms with Gasteiger partial charge in [0.2, 0.25) is 0 Å². The molecule has 0 bridgehead atoms. The first-order valence-corrected chi connectivity index (χ1v) is 19.2. The first-order valence-electron chi connectivity index (χ1n) is 19.2. The van der Waals surface area contributed by atoms with E-state index in [1.165, 1.54) is 5.57 Å². The lowest BCUT2D eigenvalue weighted by Gasteiger charge is -2.70. The van der Waals surface area contributed by atoms with Crippen LogP contribution in [0.3, 0.4) is 0 Å². The zero-order valence-corrected chi connectivity index (χ0v) is 32.2. The summed E-state index contributed by atoms with van der Waals surface area (Å²) in [6.07, 6.45) is 9.12. The number of ketones is 1. The molecule has 5 aliphatic carbocycles. The zero-order chi connectivity index (χ0) is 36.5. The highest BCUT2D eigenvalue weighted by atomic mass is 16.6. The summed E-state index contributed by atoms with van der Waals surface area (Å²) in [4.78, 5) is 41.1. The van der Waals surface area contributed by atoms with Gasteiger partial charge in [0.15, 0.2) is 5.78 Å². The lowest BCUT2D eigenvalue weighted by Crippen LogP contribution is -2.67. The lowest BCUT2D eigenvalue weighted by molar-refractivity contribution is -0.217. The molecule has 0 unspecified atom stereocenters. The molecule has 0 heterocycles. The average molecular weight is 691 g/mol. The Hall–Kier alpha value is -2.51. The van der Waals surface area contributed by atoms with Crippen molar-refractivity contribution in [3.8, 4) is 0 Å². The van der Waals surface area contributed by atoms with Crippen molar-refractivity contribution in [1.29, 1.82) is 0 Å². The zero-order valence-electron chi connectivity index (χ0n) is 32.2. The minimum absolute atomic E-state index is 0.0359. The van der Waals surface area contributed by atoms with Crippen LogP contribution in [0.1, 0.15) is 126 Å². The molecular formula is C43H62O7. The first-order chi connectivity index (χ1) is 23.2. The van der Waals surface area contributed by atoms with Crippen molar-refractivity contribution < 1.29 is 33.7 Å². The van der Waals surface area contributed by atoms with Crippen LogP contribution >= 0.6 is 0 Å². The molecule has 0 spiro atoms. The van der Waals surface area contributed by atoms with Crippen molar-refractivity contribution in [1.82, 2.24) is 0 Å². The van der Waals surface area contributed by atoms with Gasteiger partial charge in [-0.15, -0.1) is 0 Å². The summed E-state index contributed by atoms with van der Waals surface area (Å²) in [5.74, 6) is -0.324. The Labute approximate surface area is 300 Å². The van der Waals surface area contributed by atoms with Crippen LogP contribution in [0.15, 0.2) is 42.0 Å². The van der Waals surface area contributed by atoms with Crippen molar-refractivity contribution >= 4 is 17.7 Å². The summed E-state index contributed by atoms with van der Waals surface area (Å²) in [6, 6.07) is 9.86. The van der Waals surface area contributed by atoms with E-state index in [1.54, 1.807) is 0 Å². The number of aliphatic hydroxyl groups is 1. The van der Waals surface area contributed by atoms with E-state index < -0.39 is 28.5 Å². The molecule has 10 atom stereocenters. The molecule has 1 N–H and O–H groups in total. The van der Waals surface area contributed by atoms with E-state index in [0.29, 0.717) is 12.8 Å². The highest BCUT2D eigenvalue weighted by molar-refractivity contribution is 5.95. The van der Waals surface area contributed by atoms with Gasteiger partial charge in [0.05, 0.1) is 18.1 Å². The number of aliphatic hydroxyl groups excluding tert-OH is 1. The third kappa shape index (κ3) is 6.00. The monoisotopic (exact) mass is 690 g/mol. The largest absolute Gasteiger partial charge is 0.460 e. The molecule has 0 amide bonds. The number of esters is 2. The molecule has 7 heteroatoms. The van der Waals surface area contributed by atoms with Crippen LogP contribution in [-0.2, 0) is 35.2 Å². The summed E-state index contributed by atoms with van der Waals surface area (Å²) in [5.41, 5.74) is -0.295. The summed E-state index contributed by atoms with van der Waals surface area (Å²) in [7, 11) is 0.